The van der Waals surface area contributed by atoms with Crippen molar-refractivity contribution in [2.75, 3.05) is 13.2 Å². The highest BCUT2D eigenvalue weighted by atomic mass is 16.3. The molecule has 0 aromatic heterocycles. The molecular weight excluding hydrogens is 138 g/mol. The first-order chi connectivity index (χ1) is 5.36. The van der Waals surface area contributed by atoms with Crippen LogP contribution in [0, 0.1) is 5.92 Å². The van der Waals surface area contributed by atoms with Gasteiger partial charge in [-0.25, -0.2) is 0 Å². The molecule has 0 saturated heterocycles. The third-order valence-electron chi connectivity index (χ3n) is 2.63. The van der Waals surface area contributed by atoms with Gasteiger partial charge in [0.25, 0.3) is 0 Å². The molecule has 2 nitrogen and oxygen atoms in total. The van der Waals surface area contributed by atoms with Crippen molar-refractivity contribution in [3.8, 4) is 0 Å². The summed E-state index contributed by atoms with van der Waals surface area (Å²) in [6.07, 6.45) is 5.20. The molecule has 2 heteroatoms. The zero-order valence-corrected chi connectivity index (χ0v) is 7.34. The molecule has 66 valence electrons. The summed E-state index contributed by atoms with van der Waals surface area (Å²) in [4.78, 5) is 0. The van der Waals surface area contributed by atoms with Gasteiger partial charge in [-0.2, -0.15) is 0 Å². The van der Waals surface area contributed by atoms with Crippen LogP contribution in [0.5, 0.6) is 0 Å². The molecule has 2 N–H and O–H groups in total. The maximum absolute atomic E-state index is 8.87. The molecule has 0 aromatic rings. The molecular formula is C9H19NO. The Bertz CT molecular complexity index is 97.7. The van der Waals surface area contributed by atoms with Gasteiger partial charge in [-0.05, 0) is 31.7 Å². The monoisotopic (exact) mass is 157 g/mol. The van der Waals surface area contributed by atoms with E-state index in [1.54, 1.807) is 0 Å². The van der Waals surface area contributed by atoms with Crippen LogP contribution in [0.25, 0.3) is 0 Å². The van der Waals surface area contributed by atoms with Gasteiger partial charge in [-0.15, -0.1) is 0 Å². The van der Waals surface area contributed by atoms with Crippen molar-refractivity contribution in [3.63, 3.8) is 0 Å². The SMILES string of the molecule is CCC(CO)NCC1CCC1. The first-order valence-corrected chi connectivity index (χ1v) is 4.71. The lowest BCUT2D eigenvalue weighted by Gasteiger charge is -2.27. The highest BCUT2D eigenvalue weighted by Crippen LogP contribution is 2.25. The lowest BCUT2D eigenvalue weighted by Crippen LogP contribution is -2.37. The lowest BCUT2D eigenvalue weighted by molar-refractivity contribution is 0.218. The van der Waals surface area contributed by atoms with Crippen LogP contribution in [0.4, 0.5) is 0 Å². The molecule has 1 atom stereocenters. The van der Waals surface area contributed by atoms with Gasteiger partial charge in [0.1, 0.15) is 0 Å². The van der Waals surface area contributed by atoms with E-state index in [2.05, 4.69) is 12.2 Å². The van der Waals surface area contributed by atoms with Crippen molar-refractivity contribution in [2.45, 2.75) is 38.6 Å². The van der Waals surface area contributed by atoms with Gasteiger partial charge in [0.15, 0.2) is 0 Å². The van der Waals surface area contributed by atoms with Crippen molar-refractivity contribution in [2.24, 2.45) is 5.92 Å². The average molecular weight is 157 g/mol. The molecule has 0 bridgehead atoms. The summed E-state index contributed by atoms with van der Waals surface area (Å²) in [5.74, 6) is 0.899. The van der Waals surface area contributed by atoms with Gasteiger partial charge < -0.3 is 10.4 Å². The molecule has 1 aliphatic rings. The van der Waals surface area contributed by atoms with E-state index in [0.717, 1.165) is 18.9 Å². The summed E-state index contributed by atoms with van der Waals surface area (Å²) < 4.78 is 0. The Morgan fingerprint density at radius 3 is 2.64 bits per heavy atom. The molecule has 1 rings (SSSR count). The Hall–Kier alpha value is -0.0800. The quantitative estimate of drug-likeness (QED) is 0.627. The summed E-state index contributed by atoms with van der Waals surface area (Å²) >= 11 is 0. The Balaban J connectivity index is 1.99. The van der Waals surface area contributed by atoms with Crippen molar-refractivity contribution >= 4 is 0 Å². The summed E-state index contributed by atoms with van der Waals surface area (Å²) in [6, 6.07) is 0.329. The van der Waals surface area contributed by atoms with E-state index in [-0.39, 0.29) is 6.61 Å². The van der Waals surface area contributed by atoms with Crippen LogP contribution in [0.1, 0.15) is 32.6 Å². The van der Waals surface area contributed by atoms with Crippen LogP contribution in [-0.4, -0.2) is 24.3 Å². The minimum absolute atomic E-state index is 0.281. The molecule has 0 aromatic carbocycles. The summed E-state index contributed by atoms with van der Waals surface area (Å²) in [7, 11) is 0. The van der Waals surface area contributed by atoms with Gasteiger partial charge >= 0.3 is 0 Å². The second kappa shape index (κ2) is 4.73. The first kappa shape index (κ1) is 9.01. The number of aliphatic hydroxyl groups is 1. The number of rotatable bonds is 5. The predicted octanol–water partition coefficient (Wildman–Crippen LogP) is 1.15. The van der Waals surface area contributed by atoms with Gasteiger partial charge in [0, 0.05) is 6.04 Å². The fourth-order valence-electron chi connectivity index (χ4n) is 1.37. The van der Waals surface area contributed by atoms with E-state index >= 15 is 0 Å². The van der Waals surface area contributed by atoms with Gasteiger partial charge in [-0.1, -0.05) is 13.3 Å². The largest absolute Gasteiger partial charge is 0.395 e. The summed E-state index contributed by atoms with van der Waals surface area (Å²) in [5, 5.41) is 12.2. The Labute approximate surface area is 69.0 Å². The maximum Gasteiger partial charge on any atom is 0.0584 e. The van der Waals surface area contributed by atoms with Gasteiger partial charge in [-0.3, -0.25) is 0 Å². The van der Waals surface area contributed by atoms with E-state index in [4.69, 9.17) is 5.11 Å². The van der Waals surface area contributed by atoms with E-state index in [0.29, 0.717) is 6.04 Å². The number of hydrogen-bond acceptors (Lipinski definition) is 2. The fourth-order valence-corrected chi connectivity index (χ4v) is 1.37. The van der Waals surface area contributed by atoms with Crippen molar-refractivity contribution < 1.29 is 5.11 Å². The molecule has 1 fully saturated rings. The topological polar surface area (TPSA) is 32.3 Å². The second-order valence-corrected chi connectivity index (χ2v) is 3.49. The zero-order valence-electron chi connectivity index (χ0n) is 7.34. The van der Waals surface area contributed by atoms with Crippen molar-refractivity contribution in [1.82, 2.24) is 5.32 Å². The molecule has 0 heterocycles. The average Bonchev–Trinajstić information content (AvgIpc) is 1.95. The molecule has 0 aliphatic heterocycles. The number of nitrogens with one attached hydrogen (secondary N) is 1. The summed E-state index contributed by atoms with van der Waals surface area (Å²) in [5.41, 5.74) is 0. The number of aliphatic hydroxyl groups excluding tert-OH is 1. The minimum atomic E-state index is 0.281. The minimum Gasteiger partial charge on any atom is -0.395 e. The third-order valence-corrected chi connectivity index (χ3v) is 2.63. The summed E-state index contributed by atoms with van der Waals surface area (Å²) in [6.45, 7) is 3.50. The third kappa shape index (κ3) is 2.80. The normalized spacial score (nSPS) is 21.3. The van der Waals surface area contributed by atoms with E-state index in [9.17, 15) is 0 Å². The second-order valence-electron chi connectivity index (χ2n) is 3.49. The molecule has 11 heavy (non-hydrogen) atoms. The van der Waals surface area contributed by atoms with E-state index < -0.39 is 0 Å². The highest BCUT2D eigenvalue weighted by Gasteiger charge is 2.17. The van der Waals surface area contributed by atoms with Gasteiger partial charge in [0.2, 0.25) is 0 Å². The zero-order chi connectivity index (χ0) is 8.10. The number of hydrogen-bond donors (Lipinski definition) is 2. The molecule has 0 spiro atoms. The molecule has 0 radical (unpaired) electrons. The molecule has 1 saturated carbocycles. The first-order valence-electron chi connectivity index (χ1n) is 4.71. The van der Waals surface area contributed by atoms with Crippen LogP contribution < -0.4 is 5.32 Å². The lowest BCUT2D eigenvalue weighted by atomic mass is 9.85. The highest BCUT2D eigenvalue weighted by molar-refractivity contribution is 4.74. The van der Waals surface area contributed by atoms with Crippen LogP contribution in [-0.2, 0) is 0 Å². The van der Waals surface area contributed by atoms with Crippen LogP contribution in [0.3, 0.4) is 0 Å². The molecule has 1 unspecified atom stereocenters. The van der Waals surface area contributed by atoms with Crippen LogP contribution >= 0.6 is 0 Å². The smallest absolute Gasteiger partial charge is 0.0584 e. The Morgan fingerprint density at radius 2 is 2.27 bits per heavy atom. The standard InChI is InChI=1S/C9H19NO/c1-2-9(7-11)10-6-8-4-3-5-8/h8-11H,2-7H2,1H3. The van der Waals surface area contributed by atoms with E-state index in [1.165, 1.54) is 19.3 Å². The van der Waals surface area contributed by atoms with Crippen molar-refractivity contribution in [3.05, 3.63) is 0 Å². The Kier molecular flexibility index (Phi) is 3.87. The maximum atomic E-state index is 8.87. The fraction of sp³-hybridized carbons (Fsp3) is 1.00. The molecule has 1 aliphatic carbocycles. The predicted molar refractivity (Wildman–Crippen MR) is 46.5 cm³/mol. The van der Waals surface area contributed by atoms with Gasteiger partial charge in [0.05, 0.1) is 6.61 Å². The van der Waals surface area contributed by atoms with Crippen molar-refractivity contribution in [1.29, 1.82) is 0 Å². The molecule has 0 amide bonds. The Morgan fingerprint density at radius 1 is 1.55 bits per heavy atom. The van der Waals surface area contributed by atoms with Crippen LogP contribution in [0.2, 0.25) is 0 Å². The van der Waals surface area contributed by atoms with E-state index in [1.807, 2.05) is 0 Å². The van der Waals surface area contributed by atoms with Crippen LogP contribution in [0.15, 0.2) is 0 Å².